The Morgan fingerprint density at radius 3 is 2.68 bits per heavy atom. The van der Waals surface area contributed by atoms with Gasteiger partial charge in [0, 0.05) is 37.7 Å². The molecule has 2 aromatic heterocycles. The molecule has 7 heteroatoms. The first-order chi connectivity index (χ1) is 12.2. The van der Waals surface area contributed by atoms with Crippen LogP contribution < -0.4 is 5.73 Å². The number of nitrogens with zero attached hydrogens (tertiary/aromatic N) is 4. The van der Waals surface area contributed by atoms with Gasteiger partial charge in [-0.05, 0) is 31.4 Å². The lowest BCUT2D eigenvalue weighted by molar-refractivity contribution is 0.00885. The Morgan fingerprint density at radius 1 is 1.28 bits per heavy atom. The summed E-state index contributed by atoms with van der Waals surface area (Å²) in [5, 5.41) is 0. The first-order valence-corrected chi connectivity index (χ1v) is 8.63. The molecular weight excluding hydrogens is 318 g/mol. The summed E-state index contributed by atoms with van der Waals surface area (Å²) >= 11 is 0. The molecule has 0 aliphatic carbocycles. The molecule has 1 fully saturated rings. The van der Waals surface area contributed by atoms with E-state index < -0.39 is 0 Å². The fourth-order valence-electron chi connectivity index (χ4n) is 2.86. The standard InChI is InChI=1S/C18H23N5O2/c1-2-10-25-14-6-8-23(9-7-14)17(24)16-5-3-4-15(22-16)13-11-20-18(19)21-12-13/h3-5,11-12,14H,2,6-10H2,1H3,(H2,19,20,21). The van der Waals surface area contributed by atoms with E-state index in [1.54, 1.807) is 18.5 Å². The normalized spacial score (nSPS) is 15.3. The van der Waals surface area contributed by atoms with Gasteiger partial charge < -0.3 is 15.4 Å². The molecule has 25 heavy (non-hydrogen) atoms. The zero-order chi connectivity index (χ0) is 17.6. The van der Waals surface area contributed by atoms with Crippen molar-refractivity contribution in [3.63, 3.8) is 0 Å². The topological polar surface area (TPSA) is 94.2 Å². The van der Waals surface area contributed by atoms with E-state index in [4.69, 9.17) is 10.5 Å². The Kier molecular flexibility index (Phi) is 5.55. The van der Waals surface area contributed by atoms with Crippen LogP contribution >= 0.6 is 0 Å². The lowest BCUT2D eigenvalue weighted by Gasteiger charge is -2.31. The number of amides is 1. The summed E-state index contributed by atoms with van der Waals surface area (Å²) in [5.74, 6) is 0.163. The summed E-state index contributed by atoms with van der Waals surface area (Å²) < 4.78 is 5.77. The third-order valence-corrected chi connectivity index (χ3v) is 4.22. The van der Waals surface area contributed by atoms with Gasteiger partial charge in [0.05, 0.1) is 11.8 Å². The highest BCUT2D eigenvalue weighted by molar-refractivity contribution is 5.92. The summed E-state index contributed by atoms with van der Waals surface area (Å²) in [6, 6.07) is 5.39. The van der Waals surface area contributed by atoms with Gasteiger partial charge in [0.25, 0.3) is 5.91 Å². The van der Waals surface area contributed by atoms with Gasteiger partial charge in [0.2, 0.25) is 5.95 Å². The highest BCUT2D eigenvalue weighted by Gasteiger charge is 2.24. The highest BCUT2D eigenvalue weighted by Crippen LogP contribution is 2.19. The van der Waals surface area contributed by atoms with Crippen LogP contribution in [0.4, 0.5) is 5.95 Å². The number of likely N-dealkylation sites (tertiary alicyclic amines) is 1. The SMILES string of the molecule is CCCOC1CCN(C(=O)c2cccc(-c3cnc(N)nc3)n2)CC1. The fourth-order valence-corrected chi connectivity index (χ4v) is 2.86. The van der Waals surface area contributed by atoms with Gasteiger partial charge in [-0.2, -0.15) is 0 Å². The molecule has 0 spiro atoms. The van der Waals surface area contributed by atoms with E-state index in [-0.39, 0.29) is 18.0 Å². The minimum Gasteiger partial charge on any atom is -0.378 e. The second kappa shape index (κ2) is 8.02. The number of hydrogen-bond acceptors (Lipinski definition) is 6. The average molecular weight is 341 g/mol. The molecule has 1 amide bonds. The van der Waals surface area contributed by atoms with Crippen LogP contribution in [-0.2, 0) is 4.74 Å². The number of hydrogen-bond donors (Lipinski definition) is 1. The number of ether oxygens (including phenoxy) is 1. The van der Waals surface area contributed by atoms with Gasteiger partial charge in [-0.15, -0.1) is 0 Å². The minimum atomic E-state index is -0.0489. The number of nitrogen functional groups attached to an aromatic ring is 1. The molecule has 0 atom stereocenters. The van der Waals surface area contributed by atoms with E-state index in [1.807, 2.05) is 17.0 Å². The second-order valence-electron chi connectivity index (χ2n) is 6.10. The van der Waals surface area contributed by atoms with Crippen molar-refractivity contribution in [3.05, 3.63) is 36.3 Å². The van der Waals surface area contributed by atoms with Crippen molar-refractivity contribution >= 4 is 11.9 Å². The number of aromatic nitrogens is 3. The lowest BCUT2D eigenvalue weighted by atomic mass is 10.1. The van der Waals surface area contributed by atoms with E-state index in [9.17, 15) is 4.79 Å². The largest absolute Gasteiger partial charge is 0.378 e. The molecule has 1 saturated heterocycles. The number of piperidine rings is 1. The van der Waals surface area contributed by atoms with E-state index in [1.165, 1.54) is 0 Å². The van der Waals surface area contributed by atoms with E-state index >= 15 is 0 Å². The summed E-state index contributed by atoms with van der Waals surface area (Å²) in [5.41, 5.74) is 7.33. The maximum absolute atomic E-state index is 12.7. The molecule has 132 valence electrons. The van der Waals surface area contributed by atoms with E-state index in [0.29, 0.717) is 24.5 Å². The van der Waals surface area contributed by atoms with Crippen molar-refractivity contribution in [1.29, 1.82) is 0 Å². The summed E-state index contributed by atoms with van der Waals surface area (Å²) in [7, 11) is 0. The number of pyridine rings is 1. The van der Waals surface area contributed by atoms with Gasteiger partial charge in [-0.25, -0.2) is 15.0 Å². The zero-order valence-corrected chi connectivity index (χ0v) is 14.4. The van der Waals surface area contributed by atoms with E-state index in [2.05, 4.69) is 21.9 Å². The molecule has 7 nitrogen and oxygen atoms in total. The van der Waals surface area contributed by atoms with E-state index in [0.717, 1.165) is 31.4 Å². The Hall–Kier alpha value is -2.54. The number of rotatable bonds is 5. The first-order valence-electron chi connectivity index (χ1n) is 8.63. The predicted molar refractivity (Wildman–Crippen MR) is 94.8 cm³/mol. The predicted octanol–water partition coefficient (Wildman–Crippen LogP) is 2.15. The molecule has 2 N–H and O–H groups in total. The monoisotopic (exact) mass is 341 g/mol. The highest BCUT2D eigenvalue weighted by atomic mass is 16.5. The first kappa shape index (κ1) is 17.3. The molecule has 0 bridgehead atoms. The average Bonchev–Trinajstić information content (AvgIpc) is 2.67. The van der Waals surface area contributed by atoms with Crippen molar-refractivity contribution in [2.24, 2.45) is 0 Å². The number of carbonyl (C=O) groups is 1. The second-order valence-corrected chi connectivity index (χ2v) is 6.10. The molecule has 0 radical (unpaired) electrons. The molecule has 0 aromatic carbocycles. The molecule has 1 aliphatic heterocycles. The van der Waals surface area contributed by atoms with Gasteiger partial charge in [-0.1, -0.05) is 13.0 Å². The Bertz CT molecular complexity index is 712. The number of carbonyl (C=O) groups excluding carboxylic acids is 1. The number of nitrogens with two attached hydrogens (primary N) is 1. The molecule has 3 heterocycles. The van der Waals surface area contributed by atoms with Gasteiger partial charge in [0.15, 0.2) is 0 Å². The third-order valence-electron chi connectivity index (χ3n) is 4.22. The Morgan fingerprint density at radius 2 is 2.00 bits per heavy atom. The molecule has 0 saturated carbocycles. The van der Waals surface area contributed by atoms with Crippen LogP contribution in [-0.4, -0.2) is 51.6 Å². The van der Waals surface area contributed by atoms with Crippen LogP contribution in [0, 0.1) is 0 Å². The van der Waals surface area contributed by atoms with Crippen molar-refractivity contribution in [1.82, 2.24) is 19.9 Å². The maximum Gasteiger partial charge on any atom is 0.272 e. The van der Waals surface area contributed by atoms with Gasteiger partial charge in [0.1, 0.15) is 5.69 Å². The molecule has 3 rings (SSSR count). The lowest BCUT2D eigenvalue weighted by Crippen LogP contribution is -2.41. The van der Waals surface area contributed by atoms with Crippen molar-refractivity contribution in [2.45, 2.75) is 32.3 Å². The smallest absolute Gasteiger partial charge is 0.272 e. The van der Waals surface area contributed by atoms with Crippen LogP contribution in [0.5, 0.6) is 0 Å². The quantitative estimate of drug-likeness (QED) is 0.895. The zero-order valence-electron chi connectivity index (χ0n) is 14.4. The van der Waals surface area contributed by atoms with Crippen molar-refractivity contribution in [3.8, 4) is 11.3 Å². The van der Waals surface area contributed by atoms with Crippen molar-refractivity contribution < 1.29 is 9.53 Å². The molecule has 0 unspecified atom stereocenters. The summed E-state index contributed by atoms with van der Waals surface area (Å²) in [4.78, 5) is 27.0. The number of anilines is 1. The summed E-state index contributed by atoms with van der Waals surface area (Å²) in [6.45, 7) is 4.28. The van der Waals surface area contributed by atoms with Crippen LogP contribution in [0.25, 0.3) is 11.3 Å². The van der Waals surface area contributed by atoms with Gasteiger partial charge in [-0.3, -0.25) is 4.79 Å². The third kappa shape index (κ3) is 4.30. The van der Waals surface area contributed by atoms with Gasteiger partial charge >= 0.3 is 0 Å². The van der Waals surface area contributed by atoms with Crippen LogP contribution in [0.3, 0.4) is 0 Å². The van der Waals surface area contributed by atoms with Crippen LogP contribution in [0.2, 0.25) is 0 Å². The van der Waals surface area contributed by atoms with Crippen molar-refractivity contribution in [2.75, 3.05) is 25.4 Å². The maximum atomic E-state index is 12.7. The molecule has 2 aromatic rings. The fraction of sp³-hybridized carbons (Fsp3) is 0.444. The minimum absolute atomic E-state index is 0.0489. The Balaban J connectivity index is 1.67. The molecular formula is C18H23N5O2. The Labute approximate surface area is 147 Å². The van der Waals surface area contributed by atoms with Crippen LogP contribution in [0.1, 0.15) is 36.7 Å². The molecule has 1 aliphatic rings. The van der Waals surface area contributed by atoms with Crippen LogP contribution in [0.15, 0.2) is 30.6 Å². The summed E-state index contributed by atoms with van der Waals surface area (Å²) in [6.07, 6.45) is 6.24.